The molecule has 0 amide bonds. The largest absolute Gasteiger partial charge is 0.493 e. The number of rotatable bonds is 7. The highest BCUT2D eigenvalue weighted by molar-refractivity contribution is 5.28. The normalized spacial score (nSPS) is 29.6. The first-order valence-corrected chi connectivity index (χ1v) is 10.7. The first-order valence-electron chi connectivity index (χ1n) is 10.7. The fraction of sp³-hybridized carbons (Fsp3) is 0.727. The zero-order valence-corrected chi connectivity index (χ0v) is 16.7. The van der Waals surface area contributed by atoms with E-state index in [4.69, 9.17) is 9.47 Å². The van der Waals surface area contributed by atoms with E-state index in [1.807, 2.05) is 0 Å². The molecule has 3 heterocycles. The number of methoxy groups -OCH3 is 1. The molecule has 0 aliphatic carbocycles. The smallest absolute Gasteiger partial charge is 0.119 e. The summed E-state index contributed by atoms with van der Waals surface area (Å²) in [7, 11) is 1.80. The van der Waals surface area contributed by atoms with Gasteiger partial charge in [0.2, 0.25) is 0 Å². The maximum Gasteiger partial charge on any atom is 0.119 e. The van der Waals surface area contributed by atoms with Crippen LogP contribution in [-0.4, -0.2) is 74.9 Å². The van der Waals surface area contributed by atoms with Crippen LogP contribution in [0.4, 0.5) is 0 Å². The molecule has 3 fully saturated rings. The molecule has 1 N–H and O–H groups in total. The Hall–Kier alpha value is -1.14. The quantitative estimate of drug-likeness (QED) is 0.794. The topological polar surface area (TPSA) is 37.0 Å². The van der Waals surface area contributed by atoms with Crippen molar-refractivity contribution in [3.05, 3.63) is 29.8 Å². The molecule has 3 aliphatic heterocycles. The van der Waals surface area contributed by atoms with E-state index in [0.29, 0.717) is 12.0 Å². The number of fused-ring (bicyclic) bond motifs is 1. The first kappa shape index (κ1) is 19.2. The summed E-state index contributed by atoms with van der Waals surface area (Å²) in [5.41, 5.74) is 1.35. The maximum absolute atomic E-state index is 6.22. The second-order valence-corrected chi connectivity index (χ2v) is 8.48. The fourth-order valence-corrected chi connectivity index (χ4v) is 4.98. The summed E-state index contributed by atoms with van der Waals surface area (Å²) < 4.78 is 11.6. The lowest BCUT2D eigenvalue weighted by Crippen LogP contribution is -2.55. The Morgan fingerprint density at radius 3 is 3.04 bits per heavy atom. The maximum atomic E-state index is 6.22. The van der Waals surface area contributed by atoms with E-state index < -0.39 is 0 Å². The number of piperazine rings is 1. The third-order valence-corrected chi connectivity index (χ3v) is 6.50. The highest BCUT2D eigenvalue weighted by Crippen LogP contribution is 2.25. The standard InChI is InChI=1S/C22H35N3O2/c1-26-17-21-5-3-10-24(21)14-18-4-2-6-22(12-18)27-16-19-7-8-20-13-23-9-11-25(20)15-19/h2,4,6,12,19-21,23H,3,5,7-11,13-17H2,1H3/t19-,20-,21?/m0/s1. The van der Waals surface area contributed by atoms with Crippen molar-refractivity contribution < 1.29 is 9.47 Å². The van der Waals surface area contributed by atoms with Crippen LogP contribution >= 0.6 is 0 Å². The van der Waals surface area contributed by atoms with Crippen LogP contribution in [0.1, 0.15) is 31.2 Å². The van der Waals surface area contributed by atoms with Crippen molar-refractivity contribution in [3.63, 3.8) is 0 Å². The molecule has 3 aliphatic rings. The monoisotopic (exact) mass is 373 g/mol. The SMILES string of the molecule is COCC1CCCN1Cc1cccc(OC[C@H]2CC[C@H]3CNCCN3C2)c1. The Bertz CT molecular complexity index is 597. The van der Waals surface area contributed by atoms with Crippen molar-refractivity contribution in [1.29, 1.82) is 0 Å². The van der Waals surface area contributed by atoms with Crippen LogP contribution in [0.25, 0.3) is 0 Å². The predicted molar refractivity (Wildman–Crippen MR) is 108 cm³/mol. The van der Waals surface area contributed by atoms with E-state index in [-0.39, 0.29) is 0 Å². The Kier molecular flexibility index (Phi) is 6.66. The molecule has 5 nitrogen and oxygen atoms in total. The van der Waals surface area contributed by atoms with Gasteiger partial charge in [0.15, 0.2) is 0 Å². The van der Waals surface area contributed by atoms with Gasteiger partial charge in [-0.1, -0.05) is 12.1 Å². The molecule has 0 spiro atoms. The van der Waals surface area contributed by atoms with Crippen LogP contribution < -0.4 is 10.1 Å². The second kappa shape index (κ2) is 9.37. The lowest BCUT2D eigenvalue weighted by atomic mass is 9.92. The summed E-state index contributed by atoms with van der Waals surface area (Å²) >= 11 is 0. The third kappa shape index (κ3) is 5.02. The highest BCUT2D eigenvalue weighted by Gasteiger charge is 2.30. The third-order valence-electron chi connectivity index (χ3n) is 6.50. The average molecular weight is 374 g/mol. The van der Waals surface area contributed by atoms with Crippen molar-refractivity contribution in [2.24, 2.45) is 5.92 Å². The number of hydrogen-bond acceptors (Lipinski definition) is 5. The Balaban J connectivity index is 1.28. The van der Waals surface area contributed by atoms with Crippen molar-refractivity contribution in [2.45, 2.75) is 44.3 Å². The Morgan fingerprint density at radius 1 is 1.15 bits per heavy atom. The lowest BCUT2D eigenvalue weighted by molar-refractivity contribution is 0.0649. The molecule has 3 saturated heterocycles. The number of hydrogen-bond donors (Lipinski definition) is 1. The zero-order valence-electron chi connectivity index (χ0n) is 16.7. The highest BCUT2D eigenvalue weighted by atomic mass is 16.5. The van der Waals surface area contributed by atoms with Gasteiger partial charge in [-0.2, -0.15) is 0 Å². The van der Waals surface area contributed by atoms with E-state index in [2.05, 4.69) is 39.4 Å². The number of benzene rings is 1. The Morgan fingerprint density at radius 2 is 2.11 bits per heavy atom. The minimum absolute atomic E-state index is 0.564. The van der Waals surface area contributed by atoms with Crippen molar-refractivity contribution in [2.75, 3.05) is 53.0 Å². The van der Waals surface area contributed by atoms with Gasteiger partial charge in [0.25, 0.3) is 0 Å². The van der Waals surface area contributed by atoms with Gasteiger partial charge < -0.3 is 14.8 Å². The first-order chi connectivity index (χ1) is 13.3. The van der Waals surface area contributed by atoms with Gasteiger partial charge in [-0.15, -0.1) is 0 Å². The van der Waals surface area contributed by atoms with Crippen LogP contribution in [0.2, 0.25) is 0 Å². The van der Waals surface area contributed by atoms with Gasteiger partial charge in [-0.3, -0.25) is 9.80 Å². The van der Waals surface area contributed by atoms with E-state index >= 15 is 0 Å². The summed E-state index contributed by atoms with van der Waals surface area (Å²) in [6.07, 6.45) is 5.11. The molecule has 150 valence electrons. The summed E-state index contributed by atoms with van der Waals surface area (Å²) in [6.45, 7) is 8.53. The molecule has 5 heteroatoms. The number of ether oxygens (including phenoxy) is 2. The van der Waals surface area contributed by atoms with Crippen LogP contribution in [-0.2, 0) is 11.3 Å². The number of nitrogens with zero attached hydrogens (tertiary/aromatic N) is 2. The number of likely N-dealkylation sites (tertiary alicyclic amines) is 1. The molecule has 0 bridgehead atoms. The van der Waals surface area contributed by atoms with E-state index in [9.17, 15) is 0 Å². The minimum Gasteiger partial charge on any atom is -0.493 e. The van der Waals surface area contributed by atoms with Crippen LogP contribution in [0.15, 0.2) is 24.3 Å². The lowest BCUT2D eigenvalue weighted by Gasteiger charge is -2.42. The summed E-state index contributed by atoms with van der Waals surface area (Å²) in [4.78, 5) is 5.21. The second-order valence-electron chi connectivity index (χ2n) is 8.48. The average Bonchev–Trinajstić information content (AvgIpc) is 3.13. The number of nitrogens with one attached hydrogen (secondary N) is 1. The number of piperidine rings is 1. The van der Waals surface area contributed by atoms with Crippen LogP contribution in [0, 0.1) is 5.92 Å². The predicted octanol–water partition coefficient (Wildman–Crippen LogP) is 2.36. The molecule has 3 atom stereocenters. The molecular formula is C22H35N3O2. The van der Waals surface area contributed by atoms with E-state index in [1.54, 1.807) is 7.11 Å². The molecule has 0 aromatic heterocycles. The van der Waals surface area contributed by atoms with Crippen LogP contribution in [0.5, 0.6) is 5.75 Å². The summed E-state index contributed by atoms with van der Waals surface area (Å²) in [5, 5.41) is 3.52. The molecule has 4 rings (SSSR count). The van der Waals surface area contributed by atoms with E-state index in [0.717, 1.165) is 44.6 Å². The fourth-order valence-electron chi connectivity index (χ4n) is 4.98. The molecule has 1 aromatic carbocycles. The van der Waals surface area contributed by atoms with Crippen molar-refractivity contribution in [1.82, 2.24) is 15.1 Å². The molecule has 27 heavy (non-hydrogen) atoms. The van der Waals surface area contributed by atoms with Crippen molar-refractivity contribution >= 4 is 0 Å². The van der Waals surface area contributed by atoms with Gasteiger partial charge in [-0.05, 0) is 49.9 Å². The molecule has 0 radical (unpaired) electrons. The van der Waals surface area contributed by atoms with E-state index in [1.165, 1.54) is 50.9 Å². The van der Waals surface area contributed by atoms with Gasteiger partial charge in [0.05, 0.1) is 13.2 Å². The summed E-state index contributed by atoms with van der Waals surface area (Å²) in [5.74, 6) is 1.69. The van der Waals surface area contributed by atoms with Crippen LogP contribution in [0.3, 0.4) is 0 Å². The van der Waals surface area contributed by atoms with Crippen molar-refractivity contribution in [3.8, 4) is 5.75 Å². The molecule has 0 saturated carbocycles. The van der Waals surface area contributed by atoms with Gasteiger partial charge in [-0.25, -0.2) is 0 Å². The molecule has 1 unspecified atom stereocenters. The molecule has 1 aromatic rings. The van der Waals surface area contributed by atoms with Gasteiger partial charge in [0, 0.05) is 57.8 Å². The molecular weight excluding hydrogens is 338 g/mol. The van der Waals surface area contributed by atoms with Gasteiger partial charge >= 0.3 is 0 Å². The minimum atomic E-state index is 0.564. The summed E-state index contributed by atoms with van der Waals surface area (Å²) in [6, 6.07) is 10.0. The Labute approximate surface area is 164 Å². The zero-order chi connectivity index (χ0) is 18.5. The van der Waals surface area contributed by atoms with Gasteiger partial charge in [0.1, 0.15) is 5.75 Å².